The van der Waals surface area contributed by atoms with Gasteiger partial charge in [0.15, 0.2) is 5.78 Å². The van der Waals surface area contributed by atoms with Crippen molar-refractivity contribution in [2.45, 2.75) is 43.7 Å². The van der Waals surface area contributed by atoms with Crippen LogP contribution in [0.5, 0.6) is 0 Å². The van der Waals surface area contributed by atoms with Crippen LogP contribution in [0.3, 0.4) is 0 Å². The standard InChI is InChI=1S/C29H24N2O2/c1-28(29(33)15-19-6-4-8-25-27(19)31(16-29)17-30-25)24-13-11-21-20-7-3-2-5-18(20)9-10-22(21)23(24)12-14-26(28)32/h2-8,11-14,17,33H,9-10,15-16H2,1H3. The molecular weight excluding hydrogens is 408 g/mol. The SMILES string of the molecule is CC1(C2(O)Cc3cccc4ncn(c34)C2)C(=O)C=Cc2c1ccc1c2CCc2ccccc2-1. The zero-order chi connectivity index (χ0) is 22.4. The maximum absolute atomic E-state index is 13.6. The molecule has 0 amide bonds. The van der Waals surface area contributed by atoms with Gasteiger partial charge in [0.05, 0.1) is 29.3 Å². The van der Waals surface area contributed by atoms with Gasteiger partial charge in [-0.3, -0.25) is 4.79 Å². The van der Waals surface area contributed by atoms with Gasteiger partial charge in [0.25, 0.3) is 0 Å². The Morgan fingerprint density at radius 1 is 0.939 bits per heavy atom. The quantitative estimate of drug-likeness (QED) is 0.477. The molecule has 0 saturated carbocycles. The van der Waals surface area contributed by atoms with Gasteiger partial charge in [-0.25, -0.2) is 4.98 Å². The summed E-state index contributed by atoms with van der Waals surface area (Å²) in [6, 6.07) is 18.8. The largest absolute Gasteiger partial charge is 0.386 e. The number of carbonyl (C=O) groups is 1. The average molecular weight is 433 g/mol. The Bertz CT molecular complexity index is 1530. The lowest BCUT2D eigenvalue weighted by Gasteiger charge is -2.48. The highest BCUT2D eigenvalue weighted by molar-refractivity contribution is 6.07. The number of para-hydroxylation sites is 1. The summed E-state index contributed by atoms with van der Waals surface area (Å²) in [5.41, 5.74) is 7.94. The Labute approximate surface area is 192 Å². The van der Waals surface area contributed by atoms with Gasteiger partial charge in [-0.05, 0) is 70.9 Å². The van der Waals surface area contributed by atoms with Crippen molar-refractivity contribution in [2.75, 3.05) is 0 Å². The predicted octanol–water partition coefficient (Wildman–Crippen LogP) is 4.64. The number of carbonyl (C=O) groups excluding carboxylic acids is 1. The summed E-state index contributed by atoms with van der Waals surface area (Å²) in [7, 11) is 0. The second-order valence-corrected chi connectivity index (χ2v) is 9.90. The fraction of sp³-hybridized carbons (Fsp3) is 0.241. The van der Waals surface area contributed by atoms with Crippen LogP contribution < -0.4 is 0 Å². The second kappa shape index (κ2) is 6.30. The van der Waals surface area contributed by atoms with Crippen molar-refractivity contribution in [3.05, 3.63) is 94.8 Å². The summed E-state index contributed by atoms with van der Waals surface area (Å²) >= 11 is 0. The zero-order valence-electron chi connectivity index (χ0n) is 18.5. The average Bonchev–Trinajstić information content (AvgIpc) is 3.24. The number of aliphatic hydroxyl groups is 1. The summed E-state index contributed by atoms with van der Waals surface area (Å²) in [6.45, 7) is 2.28. The van der Waals surface area contributed by atoms with E-state index in [2.05, 4.69) is 41.4 Å². The highest BCUT2D eigenvalue weighted by atomic mass is 16.3. The summed E-state index contributed by atoms with van der Waals surface area (Å²) in [6.07, 6.45) is 7.80. The first-order valence-electron chi connectivity index (χ1n) is 11.6. The van der Waals surface area contributed by atoms with Crippen molar-refractivity contribution < 1.29 is 9.90 Å². The molecule has 0 radical (unpaired) electrons. The Hall–Kier alpha value is -3.50. The van der Waals surface area contributed by atoms with Gasteiger partial charge in [0.2, 0.25) is 0 Å². The number of aryl methyl sites for hydroxylation is 1. The normalized spacial score (nSPS) is 25.0. The minimum Gasteiger partial charge on any atom is -0.386 e. The van der Waals surface area contributed by atoms with Gasteiger partial charge < -0.3 is 9.67 Å². The van der Waals surface area contributed by atoms with Gasteiger partial charge in [0.1, 0.15) is 5.60 Å². The minimum absolute atomic E-state index is 0.0376. The molecular formula is C29H24N2O2. The second-order valence-electron chi connectivity index (χ2n) is 9.90. The van der Waals surface area contributed by atoms with Gasteiger partial charge in [-0.15, -0.1) is 0 Å². The Morgan fingerprint density at radius 3 is 2.70 bits per heavy atom. The molecule has 1 aliphatic heterocycles. The third-order valence-corrected chi connectivity index (χ3v) is 8.31. The first kappa shape index (κ1) is 19.0. The number of aromatic nitrogens is 2. The van der Waals surface area contributed by atoms with Crippen molar-refractivity contribution >= 4 is 22.9 Å². The molecule has 3 aromatic carbocycles. The lowest BCUT2D eigenvalue weighted by molar-refractivity contribution is -0.132. The van der Waals surface area contributed by atoms with Crippen molar-refractivity contribution in [3.8, 4) is 11.1 Å². The highest BCUT2D eigenvalue weighted by Gasteiger charge is 2.56. The molecule has 1 N–H and O–H groups in total. The minimum atomic E-state index is -1.26. The molecule has 0 saturated heterocycles. The third-order valence-electron chi connectivity index (χ3n) is 8.31. The van der Waals surface area contributed by atoms with E-state index in [0.717, 1.165) is 40.6 Å². The Kier molecular flexibility index (Phi) is 3.63. The number of hydrogen-bond donors (Lipinski definition) is 1. The van der Waals surface area contributed by atoms with Crippen LogP contribution in [0.4, 0.5) is 0 Å². The molecule has 3 aliphatic rings. The molecule has 162 valence electrons. The summed E-state index contributed by atoms with van der Waals surface area (Å²) < 4.78 is 2.01. The molecule has 33 heavy (non-hydrogen) atoms. The van der Waals surface area contributed by atoms with Crippen LogP contribution in [0.2, 0.25) is 0 Å². The molecule has 0 bridgehead atoms. The molecule has 2 unspecified atom stereocenters. The van der Waals surface area contributed by atoms with E-state index in [0.29, 0.717) is 13.0 Å². The summed E-state index contributed by atoms with van der Waals surface area (Å²) in [5.74, 6) is -0.0376. The predicted molar refractivity (Wildman–Crippen MR) is 129 cm³/mol. The van der Waals surface area contributed by atoms with Crippen molar-refractivity contribution in [3.63, 3.8) is 0 Å². The first-order chi connectivity index (χ1) is 16.0. The summed E-state index contributed by atoms with van der Waals surface area (Å²) in [4.78, 5) is 18.1. The highest BCUT2D eigenvalue weighted by Crippen LogP contribution is 2.49. The van der Waals surface area contributed by atoms with Crippen molar-refractivity contribution in [1.29, 1.82) is 0 Å². The number of hydrogen-bond acceptors (Lipinski definition) is 3. The Balaban J connectivity index is 1.42. The molecule has 0 fully saturated rings. The van der Waals surface area contributed by atoms with Gasteiger partial charge in [-0.1, -0.05) is 54.6 Å². The lowest BCUT2D eigenvalue weighted by Crippen LogP contribution is -2.60. The van der Waals surface area contributed by atoms with Crippen LogP contribution in [0.1, 0.15) is 34.7 Å². The molecule has 0 spiro atoms. The van der Waals surface area contributed by atoms with E-state index in [4.69, 9.17) is 0 Å². The van der Waals surface area contributed by atoms with Gasteiger partial charge in [-0.2, -0.15) is 0 Å². The molecule has 4 nitrogen and oxygen atoms in total. The van der Waals surface area contributed by atoms with Crippen LogP contribution >= 0.6 is 0 Å². The molecule has 1 aromatic heterocycles. The fourth-order valence-electron chi connectivity index (χ4n) is 6.47. The lowest BCUT2D eigenvalue weighted by atomic mass is 9.59. The maximum atomic E-state index is 13.6. The van der Waals surface area contributed by atoms with E-state index in [1.165, 1.54) is 22.3 Å². The smallest absolute Gasteiger partial charge is 0.168 e. The maximum Gasteiger partial charge on any atom is 0.168 e. The van der Waals surface area contributed by atoms with E-state index >= 15 is 0 Å². The van der Waals surface area contributed by atoms with E-state index in [1.807, 2.05) is 35.8 Å². The summed E-state index contributed by atoms with van der Waals surface area (Å²) in [5, 5.41) is 12.2. The molecule has 4 heteroatoms. The number of fused-ring (bicyclic) bond motifs is 5. The number of ketones is 1. The number of imidazole rings is 1. The zero-order valence-corrected chi connectivity index (χ0v) is 18.5. The number of nitrogens with zero attached hydrogens (tertiary/aromatic N) is 2. The first-order valence-corrected chi connectivity index (χ1v) is 11.6. The fourth-order valence-corrected chi connectivity index (χ4v) is 6.47. The van der Waals surface area contributed by atoms with E-state index in [-0.39, 0.29) is 5.78 Å². The van der Waals surface area contributed by atoms with Crippen LogP contribution in [0, 0.1) is 0 Å². The van der Waals surface area contributed by atoms with Crippen LogP contribution in [-0.2, 0) is 36.0 Å². The van der Waals surface area contributed by atoms with Crippen molar-refractivity contribution in [2.24, 2.45) is 0 Å². The van der Waals surface area contributed by atoms with Crippen molar-refractivity contribution in [1.82, 2.24) is 9.55 Å². The van der Waals surface area contributed by atoms with Gasteiger partial charge >= 0.3 is 0 Å². The molecule has 2 aliphatic carbocycles. The van der Waals surface area contributed by atoms with E-state index in [9.17, 15) is 9.90 Å². The molecule has 2 heterocycles. The van der Waals surface area contributed by atoms with E-state index in [1.54, 1.807) is 12.4 Å². The molecule has 2 atom stereocenters. The number of allylic oxidation sites excluding steroid dienone is 1. The third kappa shape index (κ3) is 2.34. The molecule has 7 rings (SSSR count). The molecule has 4 aromatic rings. The number of rotatable bonds is 1. The monoisotopic (exact) mass is 432 g/mol. The Morgan fingerprint density at radius 2 is 1.79 bits per heavy atom. The van der Waals surface area contributed by atoms with Crippen LogP contribution in [0.25, 0.3) is 28.2 Å². The van der Waals surface area contributed by atoms with Gasteiger partial charge in [0, 0.05) is 6.42 Å². The van der Waals surface area contributed by atoms with Crippen LogP contribution in [0.15, 0.2) is 67.0 Å². The topological polar surface area (TPSA) is 55.1 Å². The number of benzene rings is 3. The van der Waals surface area contributed by atoms with Crippen LogP contribution in [-0.4, -0.2) is 26.0 Å². The van der Waals surface area contributed by atoms with E-state index < -0.39 is 11.0 Å².